The molecule has 8 heteroatoms. The van der Waals surface area contributed by atoms with E-state index >= 15 is 0 Å². The Morgan fingerprint density at radius 1 is 1.07 bits per heavy atom. The molecule has 0 bridgehead atoms. The lowest BCUT2D eigenvalue weighted by Crippen LogP contribution is -2.02. The van der Waals surface area contributed by atoms with Gasteiger partial charge in [-0.2, -0.15) is 4.98 Å². The Morgan fingerprint density at radius 2 is 1.81 bits per heavy atom. The number of nitrogens with zero attached hydrogens (tertiary/aromatic N) is 2. The number of rotatable bonds is 8. The van der Waals surface area contributed by atoms with Crippen molar-refractivity contribution in [3.05, 3.63) is 47.3 Å². The topological polar surface area (TPSA) is 78.6 Å². The molecule has 1 aromatic heterocycles. The van der Waals surface area contributed by atoms with Gasteiger partial charge in [-0.25, -0.2) is 0 Å². The third-order valence-corrected chi connectivity index (χ3v) is 4.09. The molecule has 0 atom stereocenters. The number of halogens is 1. The zero-order chi connectivity index (χ0) is 19.2. The number of hydrogen-bond donors (Lipinski definition) is 1. The zero-order valence-electron chi connectivity index (χ0n) is 15.3. The predicted molar refractivity (Wildman–Crippen MR) is 103 cm³/mol. The third kappa shape index (κ3) is 4.43. The number of benzene rings is 2. The van der Waals surface area contributed by atoms with Gasteiger partial charge in [0.2, 0.25) is 11.7 Å². The van der Waals surface area contributed by atoms with Gasteiger partial charge in [0.1, 0.15) is 17.2 Å². The summed E-state index contributed by atoms with van der Waals surface area (Å²) in [4.78, 5) is 4.41. The predicted octanol–water partition coefficient (Wildman–Crippen LogP) is 4.42. The molecule has 0 saturated carbocycles. The van der Waals surface area contributed by atoms with Crippen molar-refractivity contribution >= 4 is 17.3 Å². The van der Waals surface area contributed by atoms with E-state index in [2.05, 4.69) is 15.5 Å². The molecule has 1 heterocycles. The molecule has 27 heavy (non-hydrogen) atoms. The van der Waals surface area contributed by atoms with E-state index < -0.39 is 0 Å². The monoisotopic (exact) mass is 389 g/mol. The van der Waals surface area contributed by atoms with E-state index in [0.29, 0.717) is 47.1 Å². The summed E-state index contributed by atoms with van der Waals surface area (Å²) in [6, 6.07) is 11.0. The molecule has 2 aromatic carbocycles. The number of aromatic nitrogens is 2. The van der Waals surface area contributed by atoms with Gasteiger partial charge < -0.3 is 24.1 Å². The first-order valence-electron chi connectivity index (χ1n) is 8.35. The summed E-state index contributed by atoms with van der Waals surface area (Å²) in [5, 5.41) is 7.68. The Bertz CT molecular complexity index is 896. The van der Waals surface area contributed by atoms with Gasteiger partial charge in [0.15, 0.2) is 0 Å². The van der Waals surface area contributed by atoms with Crippen LogP contribution < -0.4 is 19.5 Å². The molecule has 0 spiro atoms. The van der Waals surface area contributed by atoms with Crippen molar-refractivity contribution in [2.75, 3.05) is 26.1 Å². The highest BCUT2D eigenvalue weighted by Crippen LogP contribution is 2.36. The summed E-state index contributed by atoms with van der Waals surface area (Å²) in [5.74, 6) is 2.88. The van der Waals surface area contributed by atoms with Gasteiger partial charge in [0.25, 0.3) is 0 Å². The fraction of sp³-hybridized carbons (Fsp3) is 0.263. The number of hydrogen-bond acceptors (Lipinski definition) is 7. The van der Waals surface area contributed by atoms with Crippen LogP contribution in [-0.4, -0.2) is 31.0 Å². The molecule has 3 aromatic rings. The summed E-state index contributed by atoms with van der Waals surface area (Å²) in [7, 11) is 3.12. The van der Waals surface area contributed by atoms with E-state index in [1.165, 1.54) is 0 Å². The fourth-order valence-corrected chi connectivity index (χ4v) is 2.71. The van der Waals surface area contributed by atoms with Crippen LogP contribution in [0, 0.1) is 0 Å². The Labute approximate surface area is 162 Å². The molecular formula is C19H20ClN3O4. The van der Waals surface area contributed by atoms with Gasteiger partial charge in [0, 0.05) is 17.7 Å². The summed E-state index contributed by atoms with van der Waals surface area (Å²) in [6.45, 7) is 2.89. The average Bonchev–Trinajstić information content (AvgIpc) is 3.16. The first-order valence-corrected chi connectivity index (χ1v) is 8.73. The minimum atomic E-state index is 0.325. The van der Waals surface area contributed by atoms with Gasteiger partial charge in [0.05, 0.1) is 38.1 Å². The largest absolute Gasteiger partial charge is 0.495 e. The van der Waals surface area contributed by atoms with Crippen molar-refractivity contribution in [2.24, 2.45) is 0 Å². The third-order valence-electron chi connectivity index (χ3n) is 3.80. The SMILES string of the molecule is CCOc1ccc(-c2noc(CNc3cc(OC)c(Cl)cc3OC)n2)cc1. The number of ether oxygens (including phenoxy) is 3. The Hall–Kier alpha value is -2.93. The molecule has 0 aliphatic heterocycles. The highest BCUT2D eigenvalue weighted by molar-refractivity contribution is 6.32. The lowest BCUT2D eigenvalue weighted by molar-refractivity contribution is 0.340. The number of methoxy groups -OCH3 is 2. The first kappa shape index (κ1) is 18.8. The maximum Gasteiger partial charge on any atom is 0.246 e. The van der Waals surface area contributed by atoms with Crippen LogP contribution in [0.15, 0.2) is 40.9 Å². The first-order chi connectivity index (χ1) is 13.1. The molecule has 0 aliphatic rings. The van der Waals surface area contributed by atoms with Crippen molar-refractivity contribution in [3.8, 4) is 28.6 Å². The molecule has 3 rings (SSSR count). The molecule has 0 saturated heterocycles. The standard InChI is InChI=1S/C19H20ClN3O4/c1-4-26-13-7-5-12(6-8-13)19-22-18(27-23-19)11-21-15-10-16(24-2)14(20)9-17(15)25-3/h5-10,21H,4,11H2,1-3H3. The molecular weight excluding hydrogens is 370 g/mol. The van der Waals surface area contributed by atoms with Crippen molar-refractivity contribution in [3.63, 3.8) is 0 Å². The normalized spacial score (nSPS) is 10.5. The maximum atomic E-state index is 6.12. The summed E-state index contributed by atoms with van der Waals surface area (Å²) in [5.41, 5.74) is 1.55. The van der Waals surface area contributed by atoms with E-state index in [1.807, 2.05) is 31.2 Å². The van der Waals surface area contributed by atoms with Crippen LogP contribution in [0.4, 0.5) is 5.69 Å². The van der Waals surface area contributed by atoms with Gasteiger partial charge in [-0.1, -0.05) is 16.8 Å². The molecule has 0 aliphatic carbocycles. The molecule has 0 amide bonds. The Morgan fingerprint density at radius 3 is 2.48 bits per heavy atom. The Kier molecular flexibility index (Phi) is 6.03. The fourth-order valence-electron chi connectivity index (χ4n) is 2.48. The second-order valence-corrected chi connectivity index (χ2v) is 5.92. The van der Waals surface area contributed by atoms with Gasteiger partial charge >= 0.3 is 0 Å². The van der Waals surface area contributed by atoms with Gasteiger partial charge in [-0.3, -0.25) is 0 Å². The second-order valence-electron chi connectivity index (χ2n) is 5.51. The minimum absolute atomic E-state index is 0.325. The summed E-state index contributed by atoms with van der Waals surface area (Å²) >= 11 is 6.12. The highest BCUT2D eigenvalue weighted by atomic mass is 35.5. The van der Waals surface area contributed by atoms with E-state index in [4.69, 9.17) is 30.3 Å². The lowest BCUT2D eigenvalue weighted by atomic mass is 10.2. The Balaban J connectivity index is 1.71. The van der Waals surface area contributed by atoms with E-state index in [1.54, 1.807) is 26.4 Å². The second kappa shape index (κ2) is 8.64. The van der Waals surface area contributed by atoms with Crippen LogP contribution in [0.2, 0.25) is 5.02 Å². The van der Waals surface area contributed by atoms with Crippen molar-refractivity contribution < 1.29 is 18.7 Å². The molecule has 0 fully saturated rings. The molecule has 0 unspecified atom stereocenters. The van der Waals surface area contributed by atoms with E-state index in [9.17, 15) is 0 Å². The molecule has 1 N–H and O–H groups in total. The van der Waals surface area contributed by atoms with Crippen LogP contribution in [-0.2, 0) is 6.54 Å². The molecule has 7 nitrogen and oxygen atoms in total. The van der Waals surface area contributed by atoms with Crippen molar-refractivity contribution in [1.82, 2.24) is 10.1 Å². The summed E-state index contributed by atoms with van der Waals surface area (Å²) in [6.07, 6.45) is 0. The molecule has 142 valence electrons. The van der Waals surface area contributed by atoms with Crippen LogP contribution in [0.1, 0.15) is 12.8 Å². The number of anilines is 1. The van der Waals surface area contributed by atoms with Crippen LogP contribution >= 0.6 is 11.6 Å². The van der Waals surface area contributed by atoms with Crippen molar-refractivity contribution in [1.29, 1.82) is 0 Å². The van der Waals surface area contributed by atoms with Crippen LogP contribution in [0.5, 0.6) is 17.2 Å². The van der Waals surface area contributed by atoms with Crippen LogP contribution in [0.3, 0.4) is 0 Å². The lowest BCUT2D eigenvalue weighted by Gasteiger charge is -2.12. The van der Waals surface area contributed by atoms with E-state index in [-0.39, 0.29) is 0 Å². The van der Waals surface area contributed by atoms with Gasteiger partial charge in [-0.15, -0.1) is 0 Å². The van der Waals surface area contributed by atoms with E-state index in [0.717, 1.165) is 11.3 Å². The van der Waals surface area contributed by atoms with Gasteiger partial charge in [-0.05, 0) is 31.2 Å². The van der Waals surface area contributed by atoms with Crippen LogP contribution in [0.25, 0.3) is 11.4 Å². The quantitative estimate of drug-likeness (QED) is 0.610. The van der Waals surface area contributed by atoms with Crippen molar-refractivity contribution in [2.45, 2.75) is 13.5 Å². The summed E-state index contributed by atoms with van der Waals surface area (Å²) < 4.78 is 21.3. The zero-order valence-corrected chi connectivity index (χ0v) is 16.0. The minimum Gasteiger partial charge on any atom is -0.495 e. The number of nitrogens with one attached hydrogen (secondary N) is 1. The maximum absolute atomic E-state index is 6.12. The smallest absolute Gasteiger partial charge is 0.246 e. The average molecular weight is 390 g/mol. The highest BCUT2D eigenvalue weighted by Gasteiger charge is 2.12. The molecule has 0 radical (unpaired) electrons.